The SMILES string of the molecule is O=C(NCc1ccc(N2CCCCC2)cc1)c1ccccc1Cl. The average Bonchev–Trinajstić information content (AvgIpc) is 2.61. The van der Waals surface area contributed by atoms with Gasteiger partial charge in [0.05, 0.1) is 10.6 Å². The summed E-state index contributed by atoms with van der Waals surface area (Å²) in [7, 11) is 0. The van der Waals surface area contributed by atoms with E-state index in [-0.39, 0.29) is 5.91 Å². The van der Waals surface area contributed by atoms with Crippen LogP contribution in [0.5, 0.6) is 0 Å². The fraction of sp³-hybridized carbons (Fsp3) is 0.316. The fourth-order valence-corrected chi connectivity index (χ4v) is 3.12. The van der Waals surface area contributed by atoms with Crippen molar-refractivity contribution in [2.24, 2.45) is 0 Å². The third-order valence-corrected chi connectivity index (χ3v) is 4.56. The fourth-order valence-electron chi connectivity index (χ4n) is 2.90. The number of benzene rings is 2. The second kappa shape index (κ2) is 7.51. The highest BCUT2D eigenvalue weighted by atomic mass is 35.5. The van der Waals surface area contributed by atoms with Gasteiger partial charge in [0.2, 0.25) is 0 Å². The van der Waals surface area contributed by atoms with Gasteiger partial charge in [-0.3, -0.25) is 4.79 Å². The predicted molar refractivity (Wildman–Crippen MR) is 95.1 cm³/mol. The molecule has 120 valence electrons. The molecule has 1 saturated heterocycles. The van der Waals surface area contributed by atoms with Crippen molar-refractivity contribution in [1.82, 2.24) is 5.32 Å². The molecule has 1 fully saturated rings. The van der Waals surface area contributed by atoms with Crippen LogP contribution >= 0.6 is 11.6 Å². The average molecular weight is 329 g/mol. The molecule has 1 amide bonds. The van der Waals surface area contributed by atoms with Crippen LogP contribution in [0.15, 0.2) is 48.5 Å². The lowest BCUT2D eigenvalue weighted by Crippen LogP contribution is -2.29. The number of rotatable bonds is 4. The standard InChI is InChI=1S/C19H21ClN2O/c20-18-7-3-2-6-17(18)19(23)21-14-15-8-10-16(11-9-15)22-12-4-1-5-13-22/h2-3,6-11H,1,4-5,12-14H2,(H,21,23). The van der Waals surface area contributed by atoms with E-state index in [1.54, 1.807) is 12.1 Å². The van der Waals surface area contributed by atoms with Crippen LogP contribution in [0.2, 0.25) is 5.02 Å². The van der Waals surface area contributed by atoms with Crippen LogP contribution < -0.4 is 10.2 Å². The highest BCUT2D eigenvalue weighted by Crippen LogP contribution is 2.20. The molecule has 2 aromatic carbocycles. The maximum atomic E-state index is 12.1. The van der Waals surface area contributed by atoms with Gasteiger partial charge < -0.3 is 10.2 Å². The normalized spacial score (nSPS) is 14.6. The van der Waals surface area contributed by atoms with Gasteiger partial charge in [0.15, 0.2) is 0 Å². The molecule has 23 heavy (non-hydrogen) atoms. The molecule has 0 radical (unpaired) electrons. The zero-order valence-electron chi connectivity index (χ0n) is 13.1. The van der Waals surface area contributed by atoms with E-state index in [4.69, 9.17) is 11.6 Å². The number of carbonyl (C=O) groups excluding carboxylic acids is 1. The highest BCUT2D eigenvalue weighted by Gasteiger charge is 2.11. The first-order valence-electron chi connectivity index (χ1n) is 8.10. The van der Waals surface area contributed by atoms with E-state index in [0.29, 0.717) is 17.1 Å². The highest BCUT2D eigenvalue weighted by molar-refractivity contribution is 6.33. The summed E-state index contributed by atoms with van der Waals surface area (Å²) in [4.78, 5) is 14.6. The number of nitrogens with zero attached hydrogens (tertiary/aromatic N) is 1. The molecule has 1 aliphatic rings. The molecule has 0 aromatic heterocycles. The number of carbonyl (C=O) groups is 1. The quantitative estimate of drug-likeness (QED) is 0.909. The van der Waals surface area contributed by atoms with E-state index in [1.807, 2.05) is 12.1 Å². The molecule has 0 aliphatic carbocycles. The van der Waals surface area contributed by atoms with Crippen molar-refractivity contribution < 1.29 is 4.79 Å². The van der Waals surface area contributed by atoms with Gasteiger partial charge in [-0.2, -0.15) is 0 Å². The van der Waals surface area contributed by atoms with Gasteiger partial charge in [-0.1, -0.05) is 35.9 Å². The van der Waals surface area contributed by atoms with Gasteiger partial charge in [-0.25, -0.2) is 0 Å². The Hall–Kier alpha value is -2.00. The Morgan fingerprint density at radius 1 is 1.00 bits per heavy atom. The first-order chi connectivity index (χ1) is 11.2. The summed E-state index contributed by atoms with van der Waals surface area (Å²) >= 11 is 6.04. The second-order valence-corrected chi connectivity index (χ2v) is 6.28. The lowest BCUT2D eigenvalue weighted by molar-refractivity contribution is 0.0951. The van der Waals surface area contributed by atoms with E-state index in [0.717, 1.165) is 18.7 Å². The van der Waals surface area contributed by atoms with E-state index >= 15 is 0 Å². The summed E-state index contributed by atoms with van der Waals surface area (Å²) in [5.74, 6) is -0.143. The van der Waals surface area contributed by atoms with Crippen molar-refractivity contribution in [1.29, 1.82) is 0 Å². The van der Waals surface area contributed by atoms with Crippen LogP contribution in [0.25, 0.3) is 0 Å². The first kappa shape index (κ1) is 15.9. The summed E-state index contributed by atoms with van der Waals surface area (Å²) in [5.41, 5.74) is 2.87. The molecule has 2 aromatic rings. The molecule has 1 heterocycles. The Morgan fingerprint density at radius 3 is 2.39 bits per heavy atom. The van der Waals surface area contributed by atoms with Crippen molar-refractivity contribution in [3.05, 3.63) is 64.7 Å². The molecule has 0 saturated carbocycles. The number of hydrogen-bond acceptors (Lipinski definition) is 2. The number of hydrogen-bond donors (Lipinski definition) is 1. The molecule has 0 bridgehead atoms. The third-order valence-electron chi connectivity index (χ3n) is 4.23. The van der Waals surface area contributed by atoms with Gasteiger partial charge >= 0.3 is 0 Å². The summed E-state index contributed by atoms with van der Waals surface area (Å²) in [6, 6.07) is 15.5. The first-order valence-corrected chi connectivity index (χ1v) is 8.48. The summed E-state index contributed by atoms with van der Waals surface area (Å²) in [6.07, 6.45) is 3.88. The topological polar surface area (TPSA) is 32.3 Å². The molecular weight excluding hydrogens is 308 g/mol. The second-order valence-electron chi connectivity index (χ2n) is 5.88. The lowest BCUT2D eigenvalue weighted by atomic mass is 10.1. The predicted octanol–water partition coefficient (Wildman–Crippen LogP) is 4.26. The number of piperidine rings is 1. The number of halogens is 1. The molecule has 0 atom stereocenters. The summed E-state index contributed by atoms with van der Waals surface area (Å²) in [5, 5.41) is 3.40. The zero-order valence-corrected chi connectivity index (χ0v) is 13.9. The third kappa shape index (κ3) is 4.05. The molecule has 3 nitrogen and oxygen atoms in total. The van der Waals surface area contributed by atoms with Gasteiger partial charge in [-0.15, -0.1) is 0 Å². The van der Waals surface area contributed by atoms with Crippen LogP contribution in [0, 0.1) is 0 Å². The van der Waals surface area contributed by atoms with Gasteiger partial charge in [-0.05, 0) is 49.1 Å². The van der Waals surface area contributed by atoms with Crippen molar-refractivity contribution in [3.63, 3.8) is 0 Å². The zero-order chi connectivity index (χ0) is 16.1. The Balaban J connectivity index is 1.58. The van der Waals surface area contributed by atoms with Crippen LogP contribution in [-0.2, 0) is 6.54 Å². The Kier molecular flexibility index (Phi) is 5.19. The molecule has 3 rings (SSSR count). The minimum absolute atomic E-state index is 0.143. The monoisotopic (exact) mass is 328 g/mol. The minimum atomic E-state index is -0.143. The Morgan fingerprint density at radius 2 is 1.70 bits per heavy atom. The van der Waals surface area contributed by atoms with Gasteiger partial charge in [0, 0.05) is 25.3 Å². The van der Waals surface area contributed by atoms with Crippen LogP contribution in [0.3, 0.4) is 0 Å². The molecule has 1 N–H and O–H groups in total. The number of nitrogens with one attached hydrogen (secondary N) is 1. The van der Waals surface area contributed by atoms with E-state index < -0.39 is 0 Å². The smallest absolute Gasteiger partial charge is 0.253 e. The number of amides is 1. The van der Waals surface area contributed by atoms with Gasteiger partial charge in [0.25, 0.3) is 5.91 Å². The van der Waals surface area contributed by atoms with Crippen LogP contribution in [-0.4, -0.2) is 19.0 Å². The van der Waals surface area contributed by atoms with Crippen molar-refractivity contribution in [2.45, 2.75) is 25.8 Å². The van der Waals surface area contributed by atoms with Crippen molar-refractivity contribution >= 4 is 23.2 Å². The summed E-state index contributed by atoms with van der Waals surface area (Å²) < 4.78 is 0. The van der Waals surface area contributed by atoms with Crippen molar-refractivity contribution in [2.75, 3.05) is 18.0 Å². The van der Waals surface area contributed by atoms with Gasteiger partial charge in [0.1, 0.15) is 0 Å². The molecule has 0 spiro atoms. The van der Waals surface area contributed by atoms with Crippen LogP contribution in [0.4, 0.5) is 5.69 Å². The van der Waals surface area contributed by atoms with E-state index in [9.17, 15) is 4.79 Å². The largest absolute Gasteiger partial charge is 0.372 e. The molecule has 0 unspecified atom stereocenters. The summed E-state index contributed by atoms with van der Waals surface area (Å²) in [6.45, 7) is 2.79. The van der Waals surface area contributed by atoms with Crippen molar-refractivity contribution in [3.8, 4) is 0 Å². The number of anilines is 1. The molecule has 1 aliphatic heterocycles. The Labute approximate surface area is 142 Å². The van der Waals surface area contributed by atoms with E-state index in [1.165, 1.54) is 24.9 Å². The van der Waals surface area contributed by atoms with Crippen LogP contribution in [0.1, 0.15) is 35.2 Å². The molecule has 4 heteroatoms. The maximum absolute atomic E-state index is 12.1. The maximum Gasteiger partial charge on any atom is 0.253 e. The lowest BCUT2D eigenvalue weighted by Gasteiger charge is -2.28. The minimum Gasteiger partial charge on any atom is -0.372 e. The van der Waals surface area contributed by atoms with E-state index in [2.05, 4.69) is 34.5 Å². The Bertz CT molecular complexity index is 663. The molecular formula is C19H21ClN2O.